The van der Waals surface area contributed by atoms with E-state index in [2.05, 4.69) is 14.5 Å². The van der Waals surface area contributed by atoms with Crippen LogP contribution in [0.15, 0.2) is 35.6 Å². The summed E-state index contributed by atoms with van der Waals surface area (Å²) in [4.78, 5) is 16.0. The van der Waals surface area contributed by atoms with E-state index >= 15 is 0 Å². The summed E-state index contributed by atoms with van der Waals surface area (Å²) in [6.07, 6.45) is 4.52. The number of hydrogen-bond acceptors (Lipinski definition) is 6. The highest BCUT2D eigenvalue weighted by Crippen LogP contribution is 2.06. The number of aryl methyl sites for hydroxylation is 1. The van der Waals surface area contributed by atoms with Crippen molar-refractivity contribution in [3.05, 3.63) is 30.6 Å². The first kappa shape index (κ1) is 16.4. The molecule has 0 aliphatic carbocycles. The highest BCUT2D eigenvalue weighted by Gasteiger charge is 2.27. The maximum atomic E-state index is 11.9. The Morgan fingerprint density at radius 3 is 2.82 bits per heavy atom. The minimum absolute atomic E-state index is 0.194. The molecule has 120 valence electrons. The summed E-state index contributed by atoms with van der Waals surface area (Å²) < 4.78 is 30.2. The average Bonchev–Trinajstić information content (AvgIpc) is 2.47. The molecule has 2 heterocycles. The van der Waals surface area contributed by atoms with Gasteiger partial charge in [-0.3, -0.25) is 4.99 Å². The monoisotopic (exact) mass is 326 g/mol. The van der Waals surface area contributed by atoms with Crippen LogP contribution in [0.25, 0.3) is 0 Å². The molecule has 22 heavy (non-hydrogen) atoms. The van der Waals surface area contributed by atoms with Crippen LogP contribution < -0.4 is 9.88 Å². The van der Waals surface area contributed by atoms with Gasteiger partial charge in [-0.25, -0.2) is 9.36 Å². The van der Waals surface area contributed by atoms with Gasteiger partial charge < -0.3 is 9.50 Å². The van der Waals surface area contributed by atoms with Gasteiger partial charge in [0.25, 0.3) is 0 Å². The van der Waals surface area contributed by atoms with Crippen molar-refractivity contribution in [3.8, 4) is 0 Å². The molecule has 0 spiro atoms. The molecule has 0 bridgehead atoms. The Morgan fingerprint density at radius 1 is 1.41 bits per heavy atom. The van der Waals surface area contributed by atoms with Crippen LogP contribution in [-0.4, -0.2) is 38.6 Å². The zero-order valence-corrected chi connectivity index (χ0v) is 13.3. The molecular formula is C14H20N3O4S+. The smallest absolute Gasteiger partial charge is 0.344 e. The van der Waals surface area contributed by atoms with Crippen LogP contribution in [0.2, 0.25) is 0 Å². The molecule has 1 aliphatic heterocycles. The highest BCUT2D eigenvalue weighted by atomic mass is 32.2. The van der Waals surface area contributed by atoms with Gasteiger partial charge in [0.05, 0.1) is 11.6 Å². The number of aromatic nitrogens is 1. The molecule has 1 aromatic rings. The van der Waals surface area contributed by atoms with E-state index in [0.717, 1.165) is 0 Å². The lowest BCUT2D eigenvalue weighted by molar-refractivity contribution is -0.696. The molecule has 1 atom stereocenters. The van der Waals surface area contributed by atoms with Gasteiger partial charge in [0, 0.05) is 25.1 Å². The molecule has 1 aromatic heterocycles. The van der Waals surface area contributed by atoms with Crippen molar-refractivity contribution in [2.75, 3.05) is 12.3 Å². The van der Waals surface area contributed by atoms with Crippen molar-refractivity contribution < 1.29 is 22.0 Å². The Kier molecular flexibility index (Phi) is 5.48. The average molecular weight is 326 g/mol. The van der Waals surface area contributed by atoms with Crippen LogP contribution in [0, 0.1) is 0 Å². The highest BCUT2D eigenvalue weighted by molar-refractivity contribution is 7.87. The molecule has 0 radical (unpaired) electrons. The fourth-order valence-electron chi connectivity index (χ4n) is 2.14. The van der Waals surface area contributed by atoms with Crippen LogP contribution in [0.1, 0.15) is 19.8 Å². The predicted octanol–water partition coefficient (Wildman–Crippen LogP) is 0.0175. The van der Waals surface area contributed by atoms with E-state index in [4.69, 9.17) is 0 Å². The SMILES string of the molecule is CC1=NCCC(C(=O)OS(=O)(=O)CCC[n+]2ccccc2)N1. The number of carbonyl (C=O) groups excluding carboxylic acids is 1. The third kappa shape index (κ3) is 5.10. The molecule has 2 rings (SSSR count). The lowest BCUT2D eigenvalue weighted by atomic mass is 10.2. The summed E-state index contributed by atoms with van der Waals surface area (Å²) in [6, 6.07) is 4.98. The minimum Gasteiger partial charge on any atom is -0.361 e. The van der Waals surface area contributed by atoms with Gasteiger partial charge in [0.2, 0.25) is 0 Å². The number of hydrogen-bond donors (Lipinski definition) is 1. The zero-order chi connectivity index (χ0) is 16.0. The lowest BCUT2D eigenvalue weighted by Gasteiger charge is -2.20. The Bertz CT molecular complexity index is 643. The second-order valence-electron chi connectivity index (χ2n) is 5.08. The van der Waals surface area contributed by atoms with E-state index in [1.807, 2.05) is 35.2 Å². The summed E-state index contributed by atoms with van der Waals surface area (Å²) in [5.41, 5.74) is 0. The molecule has 7 nitrogen and oxygen atoms in total. The van der Waals surface area contributed by atoms with Crippen molar-refractivity contribution in [2.24, 2.45) is 4.99 Å². The summed E-state index contributed by atoms with van der Waals surface area (Å²) in [5.74, 6) is -0.340. The van der Waals surface area contributed by atoms with Crippen molar-refractivity contribution in [3.63, 3.8) is 0 Å². The van der Waals surface area contributed by atoms with E-state index in [1.165, 1.54) is 0 Å². The maximum Gasteiger partial charge on any atom is 0.344 e. The molecule has 1 unspecified atom stereocenters. The minimum atomic E-state index is -3.86. The van der Waals surface area contributed by atoms with Gasteiger partial charge in [0.1, 0.15) is 12.6 Å². The lowest BCUT2D eigenvalue weighted by Crippen LogP contribution is -2.44. The molecule has 0 aromatic carbocycles. The molecule has 0 saturated carbocycles. The number of nitrogens with one attached hydrogen (secondary N) is 1. The molecule has 8 heteroatoms. The van der Waals surface area contributed by atoms with Crippen molar-refractivity contribution >= 4 is 21.9 Å². The molecule has 0 amide bonds. The van der Waals surface area contributed by atoms with Crippen molar-refractivity contribution in [2.45, 2.75) is 32.4 Å². The standard InChI is InChI=1S/C14H20N3O4S/c1-12-15-7-6-13(16-12)14(18)21-22(19,20)11-5-10-17-8-3-2-4-9-17/h2-4,8-9,13H,5-7,10-11H2,1H3,(H,15,16)/q+1. The van der Waals surface area contributed by atoms with Gasteiger partial charge in [0.15, 0.2) is 12.4 Å². The number of amidine groups is 1. The van der Waals surface area contributed by atoms with E-state index in [1.54, 1.807) is 6.92 Å². The third-order valence-electron chi connectivity index (χ3n) is 3.23. The Hall–Kier alpha value is -1.96. The summed E-state index contributed by atoms with van der Waals surface area (Å²) >= 11 is 0. The van der Waals surface area contributed by atoms with Crippen molar-refractivity contribution in [1.82, 2.24) is 5.32 Å². The fraction of sp³-hybridized carbons (Fsp3) is 0.500. The predicted molar refractivity (Wildman–Crippen MR) is 80.6 cm³/mol. The van der Waals surface area contributed by atoms with Crippen molar-refractivity contribution in [1.29, 1.82) is 0 Å². The van der Waals surface area contributed by atoms with Gasteiger partial charge in [-0.2, -0.15) is 8.42 Å². The summed E-state index contributed by atoms with van der Waals surface area (Å²) in [5, 5.41) is 2.83. The topological polar surface area (TPSA) is 88.7 Å². The number of nitrogens with zero attached hydrogens (tertiary/aromatic N) is 2. The molecular weight excluding hydrogens is 306 g/mol. The zero-order valence-electron chi connectivity index (χ0n) is 12.4. The first-order valence-electron chi connectivity index (χ1n) is 7.14. The van der Waals surface area contributed by atoms with E-state index < -0.39 is 22.1 Å². The van der Waals surface area contributed by atoms with Crippen LogP contribution in [0.3, 0.4) is 0 Å². The first-order chi connectivity index (χ1) is 10.5. The Morgan fingerprint density at radius 2 is 2.14 bits per heavy atom. The van der Waals surface area contributed by atoms with Crippen LogP contribution in [-0.2, 0) is 25.6 Å². The fourth-order valence-corrected chi connectivity index (χ4v) is 3.07. The summed E-state index contributed by atoms with van der Waals surface area (Å²) in [6.45, 7) is 2.76. The normalized spacial score (nSPS) is 18.2. The van der Waals surface area contributed by atoms with E-state index in [0.29, 0.717) is 31.8 Å². The molecule has 0 fully saturated rings. The maximum absolute atomic E-state index is 11.9. The largest absolute Gasteiger partial charge is 0.361 e. The number of pyridine rings is 1. The third-order valence-corrected chi connectivity index (χ3v) is 4.44. The molecule has 0 saturated heterocycles. The van der Waals surface area contributed by atoms with Gasteiger partial charge in [-0.1, -0.05) is 6.07 Å². The van der Waals surface area contributed by atoms with E-state index in [9.17, 15) is 13.2 Å². The van der Waals surface area contributed by atoms with Crippen LogP contribution in [0.4, 0.5) is 0 Å². The molecule has 1 N–H and O–H groups in total. The Labute approximate surface area is 130 Å². The quantitative estimate of drug-likeness (QED) is 0.588. The Balaban J connectivity index is 1.80. The summed E-state index contributed by atoms with van der Waals surface area (Å²) in [7, 11) is -3.86. The van der Waals surface area contributed by atoms with Gasteiger partial charge >= 0.3 is 16.1 Å². The van der Waals surface area contributed by atoms with Crippen LogP contribution >= 0.6 is 0 Å². The number of carbonyl (C=O) groups is 1. The second-order valence-corrected chi connectivity index (χ2v) is 6.77. The number of aliphatic imine (C=N–C) groups is 1. The second kappa shape index (κ2) is 7.35. The number of rotatable bonds is 6. The van der Waals surface area contributed by atoms with Gasteiger partial charge in [-0.05, 0) is 13.3 Å². The van der Waals surface area contributed by atoms with Gasteiger partial charge in [-0.15, -0.1) is 0 Å². The first-order valence-corrected chi connectivity index (χ1v) is 8.72. The van der Waals surface area contributed by atoms with Crippen LogP contribution in [0.5, 0.6) is 0 Å². The van der Waals surface area contributed by atoms with E-state index in [-0.39, 0.29) is 5.75 Å². The molecule has 1 aliphatic rings.